The summed E-state index contributed by atoms with van der Waals surface area (Å²) in [5, 5.41) is 8.02. The molecule has 7 heteroatoms. The van der Waals surface area contributed by atoms with Gasteiger partial charge in [-0.2, -0.15) is 0 Å². The zero-order valence-corrected chi connectivity index (χ0v) is 12.6. The number of hydrogen-bond donors (Lipinski definition) is 2. The molecule has 3 aromatic rings. The first-order valence-electron chi connectivity index (χ1n) is 6.58. The molecular weight excluding hydrogens is 298 g/mol. The smallest absolute Gasteiger partial charge is 0.292 e. The van der Waals surface area contributed by atoms with Crippen LogP contribution in [0.1, 0.15) is 5.56 Å². The Morgan fingerprint density at radius 1 is 1.14 bits per heavy atom. The number of carbonyl (C=O) groups excluding carboxylic acids is 1. The fourth-order valence-corrected chi connectivity index (χ4v) is 2.59. The number of urea groups is 1. The summed E-state index contributed by atoms with van der Waals surface area (Å²) >= 11 is 1.46. The minimum absolute atomic E-state index is 0.367. The van der Waals surface area contributed by atoms with Crippen molar-refractivity contribution in [2.24, 2.45) is 0 Å². The Labute approximate surface area is 131 Å². The summed E-state index contributed by atoms with van der Waals surface area (Å²) in [4.78, 5) is 24.4. The highest BCUT2D eigenvalue weighted by molar-refractivity contribution is 7.13. The van der Waals surface area contributed by atoms with E-state index in [4.69, 9.17) is 0 Å². The van der Waals surface area contributed by atoms with Crippen LogP contribution in [0.2, 0.25) is 0 Å². The zero-order chi connectivity index (χ0) is 15.4. The van der Waals surface area contributed by atoms with E-state index < -0.39 is 0 Å². The molecule has 110 valence electrons. The topological polar surface area (TPSA) is 79.8 Å². The van der Waals surface area contributed by atoms with Crippen LogP contribution in [-0.2, 0) is 0 Å². The molecule has 0 unspecified atom stereocenters. The third-order valence-electron chi connectivity index (χ3n) is 2.91. The monoisotopic (exact) mass is 311 g/mol. The van der Waals surface area contributed by atoms with E-state index in [0.717, 1.165) is 16.1 Å². The van der Waals surface area contributed by atoms with E-state index in [0.29, 0.717) is 11.6 Å². The maximum atomic E-state index is 12.0. The van der Waals surface area contributed by atoms with Crippen LogP contribution >= 0.6 is 11.3 Å². The lowest BCUT2D eigenvalue weighted by atomic mass is 10.3. The van der Waals surface area contributed by atoms with E-state index >= 15 is 0 Å². The molecule has 3 heterocycles. The molecule has 3 rings (SSSR count). The number of rotatable bonds is 3. The van der Waals surface area contributed by atoms with Crippen LogP contribution in [0.3, 0.4) is 0 Å². The van der Waals surface area contributed by atoms with Gasteiger partial charge in [-0.1, -0.05) is 6.07 Å². The standard InChI is InChI=1S/C15H13N5OS/c1-10-3-2-6-17-13(10)20-15(21)19-12-9-22-14(18-12)11-4-7-16-8-5-11/h2-9H,1H3,(H2,17,19,20,21). The number of thiazole rings is 1. The minimum atomic E-state index is -0.367. The average molecular weight is 311 g/mol. The van der Waals surface area contributed by atoms with E-state index in [1.807, 2.05) is 31.2 Å². The highest BCUT2D eigenvalue weighted by Crippen LogP contribution is 2.25. The molecule has 0 saturated carbocycles. The van der Waals surface area contributed by atoms with Crippen LogP contribution in [0, 0.1) is 6.92 Å². The van der Waals surface area contributed by atoms with E-state index in [1.165, 1.54) is 11.3 Å². The molecule has 0 saturated heterocycles. The molecule has 22 heavy (non-hydrogen) atoms. The maximum Gasteiger partial charge on any atom is 0.326 e. The summed E-state index contributed by atoms with van der Waals surface area (Å²) in [6.45, 7) is 1.88. The number of nitrogens with one attached hydrogen (secondary N) is 2. The summed E-state index contributed by atoms with van der Waals surface area (Å²) in [6.07, 6.45) is 5.05. The van der Waals surface area contributed by atoms with Gasteiger partial charge in [-0.25, -0.2) is 14.8 Å². The number of hydrogen-bond acceptors (Lipinski definition) is 5. The number of nitrogens with zero attached hydrogens (tertiary/aromatic N) is 3. The van der Waals surface area contributed by atoms with Crippen molar-refractivity contribution in [2.75, 3.05) is 10.6 Å². The quantitative estimate of drug-likeness (QED) is 0.775. The summed E-state index contributed by atoms with van der Waals surface area (Å²) in [7, 11) is 0. The van der Waals surface area contributed by atoms with Gasteiger partial charge >= 0.3 is 6.03 Å². The van der Waals surface area contributed by atoms with Crippen molar-refractivity contribution in [3.05, 3.63) is 53.8 Å². The molecule has 0 radical (unpaired) electrons. The predicted octanol–water partition coefficient (Wildman–Crippen LogP) is 3.55. The maximum absolute atomic E-state index is 12.0. The molecule has 2 amide bonds. The number of amides is 2. The average Bonchev–Trinajstić information content (AvgIpc) is 2.99. The van der Waals surface area contributed by atoms with E-state index in [-0.39, 0.29) is 6.03 Å². The van der Waals surface area contributed by atoms with Crippen LogP contribution in [0.25, 0.3) is 10.6 Å². The van der Waals surface area contributed by atoms with Crippen molar-refractivity contribution in [2.45, 2.75) is 6.92 Å². The van der Waals surface area contributed by atoms with E-state index in [9.17, 15) is 4.79 Å². The first-order valence-corrected chi connectivity index (χ1v) is 7.46. The van der Waals surface area contributed by atoms with E-state index in [2.05, 4.69) is 25.6 Å². The van der Waals surface area contributed by atoms with Gasteiger partial charge < -0.3 is 0 Å². The summed E-state index contributed by atoms with van der Waals surface area (Å²) < 4.78 is 0. The first-order chi connectivity index (χ1) is 10.7. The second-order valence-electron chi connectivity index (χ2n) is 4.52. The Hall–Kier alpha value is -2.80. The fraction of sp³-hybridized carbons (Fsp3) is 0.0667. The highest BCUT2D eigenvalue weighted by atomic mass is 32.1. The Morgan fingerprint density at radius 3 is 2.73 bits per heavy atom. The molecule has 0 aliphatic rings. The fourth-order valence-electron chi connectivity index (χ4n) is 1.83. The second kappa shape index (κ2) is 6.31. The van der Waals surface area contributed by atoms with Gasteiger partial charge in [-0.3, -0.25) is 15.6 Å². The molecule has 3 aromatic heterocycles. The SMILES string of the molecule is Cc1cccnc1NC(=O)Nc1csc(-c2ccncc2)n1. The summed E-state index contributed by atoms with van der Waals surface area (Å²) in [5.41, 5.74) is 1.86. The molecule has 0 bridgehead atoms. The van der Waals surface area contributed by atoms with Gasteiger partial charge in [-0.05, 0) is 30.7 Å². The van der Waals surface area contributed by atoms with Crippen molar-refractivity contribution < 1.29 is 4.79 Å². The van der Waals surface area contributed by atoms with Gasteiger partial charge in [0, 0.05) is 29.5 Å². The van der Waals surface area contributed by atoms with Crippen molar-refractivity contribution in [3.63, 3.8) is 0 Å². The van der Waals surface area contributed by atoms with Gasteiger partial charge in [-0.15, -0.1) is 11.3 Å². The largest absolute Gasteiger partial charge is 0.326 e. The number of carbonyl (C=O) groups is 1. The molecule has 2 N–H and O–H groups in total. The van der Waals surface area contributed by atoms with Crippen LogP contribution in [0.4, 0.5) is 16.4 Å². The van der Waals surface area contributed by atoms with Gasteiger partial charge in [0.15, 0.2) is 0 Å². The third-order valence-corrected chi connectivity index (χ3v) is 3.81. The Morgan fingerprint density at radius 2 is 1.95 bits per heavy atom. The molecule has 0 spiro atoms. The summed E-state index contributed by atoms with van der Waals surface area (Å²) in [6, 6.07) is 7.08. The Balaban J connectivity index is 1.68. The number of pyridine rings is 2. The molecule has 6 nitrogen and oxygen atoms in total. The predicted molar refractivity (Wildman–Crippen MR) is 87.0 cm³/mol. The van der Waals surface area contributed by atoms with Gasteiger partial charge in [0.1, 0.15) is 16.6 Å². The highest BCUT2D eigenvalue weighted by Gasteiger charge is 2.09. The van der Waals surface area contributed by atoms with Crippen LogP contribution in [0.5, 0.6) is 0 Å². The van der Waals surface area contributed by atoms with Crippen molar-refractivity contribution in [1.82, 2.24) is 15.0 Å². The lowest BCUT2D eigenvalue weighted by Crippen LogP contribution is -2.20. The number of aromatic nitrogens is 3. The van der Waals surface area contributed by atoms with Gasteiger partial charge in [0.25, 0.3) is 0 Å². The lowest BCUT2D eigenvalue weighted by Gasteiger charge is -2.06. The van der Waals surface area contributed by atoms with Gasteiger partial charge in [0.05, 0.1) is 0 Å². The van der Waals surface area contributed by atoms with Crippen molar-refractivity contribution >= 4 is 29.0 Å². The second-order valence-corrected chi connectivity index (χ2v) is 5.38. The van der Waals surface area contributed by atoms with Crippen molar-refractivity contribution in [1.29, 1.82) is 0 Å². The van der Waals surface area contributed by atoms with Crippen LogP contribution in [0.15, 0.2) is 48.2 Å². The van der Waals surface area contributed by atoms with Crippen LogP contribution < -0.4 is 10.6 Å². The number of anilines is 2. The lowest BCUT2D eigenvalue weighted by molar-refractivity contribution is 0.262. The van der Waals surface area contributed by atoms with Crippen LogP contribution in [-0.4, -0.2) is 21.0 Å². The molecule has 0 aliphatic carbocycles. The number of aryl methyl sites for hydroxylation is 1. The first kappa shape index (κ1) is 14.2. The van der Waals surface area contributed by atoms with Gasteiger partial charge in [0.2, 0.25) is 0 Å². The molecule has 0 aliphatic heterocycles. The Bertz CT molecular complexity index is 787. The normalized spacial score (nSPS) is 10.2. The zero-order valence-electron chi connectivity index (χ0n) is 11.8. The molecule has 0 atom stereocenters. The molecule has 0 fully saturated rings. The third kappa shape index (κ3) is 3.26. The molecular formula is C15H13N5OS. The Kier molecular flexibility index (Phi) is 4.06. The minimum Gasteiger partial charge on any atom is -0.292 e. The van der Waals surface area contributed by atoms with E-state index in [1.54, 1.807) is 24.0 Å². The molecule has 0 aromatic carbocycles. The van der Waals surface area contributed by atoms with Crippen molar-refractivity contribution in [3.8, 4) is 10.6 Å². The summed E-state index contributed by atoms with van der Waals surface area (Å²) in [5.74, 6) is 1.03.